The Morgan fingerprint density at radius 2 is 1.86 bits per heavy atom. The third kappa shape index (κ3) is 3.53. The van der Waals surface area contributed by atoms with Gasteiger partial charge in [0.05, 0.1) is 12.7 Å². The molecule has 0 amide bonds. The summed E-state index contributed by atoms with van der Waals surface area (Å²) in [5.74, 6) is 4.80. The zero-order valence-corrected chi connectivity index (χ0v) is 26.7. The number of hydrogen-bond acceptors (Lipinski definition) is 3. The fourth-order valence-electron chi connectivity index (χ4n) is 13.3. The van der Waals surface area contributed by atoms with Crippen molar-refractivity contribution >= 4 is 5.78 Å². The van der Waals surface area contributed by atoms with Crippen LogP contribution in [0.1, 0.15) is 102 Å². The standard InChI is InChI=1S/C38H51N2O3/c1-24-10-15-38(42-22-24)25(2)34-32(43-38)19-30-28-18-33(40-17-16-39(23-40)21-31(41)26-8-6-5-7-9-26)37-20-27(37)11-14-36(37,4)29(28)12-13-35(30,34)3/h5-9,16-17,23-25,27-30,32-34H,10-15,18-22H2,1-4H3/q+1/t24-,25+,27-,28-,29+,30+,32+,33+,34+,35+,36-,37+,38-/m1/s1. The van der Waals surface area contributed by atoms with Crippen molar-refractivity contribution in [2.24, 2.45) is 57.7 Å². The number of Topliss-reactive ketones (excluding diaryl/α,β-unsaturated/α-hetero) is 1. The zero-order valence-electron chi connectivity index (χ0n) is 26.7. The van der Waals surface area contributed by atoms with Crippen LogP contribution in [0.3, 0.4) is 0 Å². The molecule has 0 bridgehead atoms. The van der Waals surface area contributed by atoms with Gasteiger partial charge in [0, 0.05) is 23.3 Å². The second kappa shape index (κ2) is 9.06. The van der Waals surface area contributed by atoms with Crippen molar-refractivity contribution in [3.05, 3.63) is 54.6 Å². The van der Waals surface area contributed by atoms with Crippen LogP contribution in [0.5, 0.6) is 0 Å². The Kier molecular flexibility index (Phi) is 5.76. The molecule has 5 aliphatic carbocycles. The minimum absolute atomic E-state index is 0.184. The van der Waals surface area contributed by atoms with E-state index in [1.165, 1.54) is 51.4 Å². The fraction of sp³-hybridized carbons (Fsp3) is 0.737. The number of rotatable bonds is 4. The highest BCUT2D eigenvalue weighted by molar-refractivity contribution is 5.94. The molecule has 2 spiro atoms. The second-order valence-electron chi connectivity index (χ2n) is 16.9. The van der Waals surface area contributed by atoms with Crippen molar-refractivity contribution in [1.29, 1.82) is 0 Å². The molecule has 2 aliphatic heterocycles. The molecule has 0 unspecified atom stereocenters. The van der Waals surface area contributed by atoms with E-state index < -0.39 is 0 Å². The van der Waals surface area contributed by atoms with Gasteiger partial charge in [-0.25, -0.2) is 9.13 Å². The lowest BCUT2D eigenvalue weighted by molar-refractivity contribution is -0.682. The zero-order chi connectivity index (χ0) is 29.4. The summed E-state index contributed by atoms with van der Waals surface area (Å²) in [7, 11) is 0. The van der Waals surface area contributed by atoms with Gasteiger partial charge in [-0.2, -0.15) is 0 Å². The molecule has 0 radical (unpaired) electrons. The number of fused-ring (bicyclic) bond motifs is 6. The first-order chi connectivity index (χ1) is 20.7. The van der Waals surface area contributed by atoms with E-state index in [4.69, 9.17) is 9.47 Å². The fourth-order valence-corrected chi connectivity index (χ4v) is 13.3. The van der Waals surface area contributed by atoms with Crippen LogP contribution >= 0.6 is 0 Å². The third-order valence-corrected chi connectivity index (χ3v) is 15.3. The van der Waals surface area contributed by atoms with Crippen LogP contribution in [0.2, 0.25) is 0 Å². The summed E-state index contributed by atoms with van der Waals surface area (Å²) in [5.41, 5.74) is 2.01. The number of imidazole rings is 1. The first-order valence-electron chi connectivity index (χ1n) is 17.7. The lowest BCUT2D eigenvalue weighted by Crippen LogP contribution is -2.56. The Hall–Kier alpha value is -1.98. The van der Waals surface area contributed by atoms with Crippen LogP contribution in [0.15, 0.2) is 49.1 Å². The smallest absolute Gasteiger partial charge is 0.244 e. The Balaban J connectivity index is 1.02. The van der Waals surface area contributed by atoms with Crippen molar-refractivity contribution in [3.8, 4) is 0 Å². The molecule has 0 N–H and O–H groups in total. The molecule has 13 atom stereocenters. The lowest BCUT2D eigenvalue weighted by Gasteiger charge is -2.60. The Morgan fingerprint density at radius 1 is 1.02 bits per heavy atom. The Bertz CT molecular complexity index is 1430. The van der Waals surface area contributed by atoms with Crippen LogP contribution < -0.4 is 4.57 Å². The number of carbonyl (C=O) groups is 1. The van der Waals surface area contributed by atoms with E-state index in [-0.39, 0.29) is 11.6 Å². The molecule has 5 nitrogen and oxygen atoms in total. The van der Waals surface area contributed by atoms with Gasteiger partial charge in [0.15, 0.2) is 12.3 Å². The topological polar surface area (TPSA) is 44.3 Å². The van der Waals surface area contributed by atoms with Crippen molar-refractivity contribution in [2.45, 2.75) is 110 Å². The van der Waals surface area contributed by atoms with Crippen LogP contribution in [0, 0.1) is 57.7 Å². The van der Waals surface area contributed by atoms with E-state index in [1.807, 2.05) is 30.3 Å². The number of hydrogen-bond donors (Lipinski definition) is 0. The average molecular weight is 584 g/mol. The first-order valence-corrected chi connectivity index (χ1v) is 17.7. The summed E-state index contributed by atoms with van der Waals surface area (Å²) in [5, 5.41) is 0. The van der Waals surface area contributed by atoms with Crippen LogP contribution in [-0.2, 0) is 16.0 Å². The number of ketones is 1. The number of benzene rings is 1. The van der Waals surface area contributed by atoms with Crippen LogP contribution in [0.4, 0.5) is 0 Å². The number of nitrogens with zero attached hydrogens (tertiary/aromatic N) is 2. The number of ether oxygens (including phenoxy) is 2. The van der Waals surface area contributed by atoms with Gasteiger partial charge in [-0.05, 0) is 97.7 Å². The molecular weight excluding hydrogens is 532 g/mol. The molecule has 7 aliphatic rings. The molecule has 1 aromatic carbocycles. The molecule has 5 saturated carbocycles. The third-order valence-electron chi connectivity index (χ3n) is 15.3. The highest BCUT2D eigenvalue weighted by Crippen LogP contribution is 2.84. The van der Waals surface area contributed by atoms with Gasteiger partial charge >= 0.3 is 0 Å². The highest BCUT2D eigenvalue weighted by atomic mass is 16.7. The van der Waals surface area contributed by atoms with Crippen molar-refractivity contribution in [3.63, 3.8) is 0 Å². The predicted molar refractivity (Wildman–Crippen MR) is 164 cm³/mol. The molecule has 43 heavy (non-hydrogen) atoms. The molecule has 3 heterocycles. The second-order valence-corrected chi connectivity index (χ2v) is 16.9. The lowest BCUT2D eigenvalue weighted by atomic mass is 9.44. The van der Waals surface area contributed by atoms with E-state index in [2.05, 4.69) is 55.6 Å². The maximum atomic E-state index is 13.1. The average Bonchev–Trinajstić information content (AvgIpc) is 3.23. The molecule has 5 heteroatoms. The Labute approximate surface area is 257 Å². The summed E-state index contributed by atoms with van der Waals surface area (Å²) < 4.78 is 18.4. The van der Waals surface area contributed by atoms with Gasteiger partial charge in [0.2, 0.25) is 12.1 Å². The monoisotopic (exact) mass is 583 g/mol. The largest absolute Gasteiger partial charge is 0.349 e. The van der Waals surface area contributed by atoms with E-state index in [0.29, 0.717) is 52.7 Å². The van der Waals surface area contributed by atoms with Crippen molar-refractivity contribution < 1.29 is 18.8 Å². The summed E-state index contributed by atoms with van der Waals surface area (Å²) in [6.07, 6.45) is 18.9. The number of aromatic nitrogens is 2. The minimum atomic E-state index is -0.333. The molecule has 2 aromatic rings. The van der Waals surface area contributed by atoms with Gasteiger partial charge < -0.3 is 9.47 Å². The van der Waals surface area contributed by atoms with Gasteiger partial charge in [0.25, 0.3) is 0 Å². The van der Waals surface area contributed by atoms with Gasteiger partial charge in [-0.3, -0.25) is 4.79 Å². The predicted octanol–water partition coefficient (Wildman–Crippen LogP) is 7.26. The highest BCUT2D eigenvalue weighted by Gasteiger charge is 2.79. The van der Waals surface area contributed by atoms with E-state index >= 15 is 0 Å². The van der Waals surface area contributed by atoms with E-state index in [0.717, 1.165) is 42.3 Å². The summed E-state index contributed by atoms with van der Waals surface area (Å²) in [6.45, 7) is 11.4. The maximum Gasteiger partial charge on any atom is 0.244 e. The van der Waals surface area contributed by atoms with Gasteiger partial charge in [-0.1, -0.05) is 58.0 Å². The first kappa shape index (κ1) is 27.3. The van der Waals surface area contributed by atoms with Crippen LogP contribution in [0.25, 0.3) is 0 Å². The van der Waals surface area contributed by atoms with E-state index in [9.17, 15) is 4.79 Å². The summed E-state index contributed by atoms with van der Waals surface area (Å²) >= 11 is 0. The molecule has 7 fully saturated rings. The van der Waals surface area contributed by atoms with Gasteiger partial charge in [-0.15, -0.1) is 0 Å². The quantitative estimate of drug-likeness (QED) is 0.281. The SMILES string of the molecule is C[C@@H]1CC[C@@]2(OC1)O[C@H]1C[C@H]3[C@@H]4C[C@H](n5cc[n+](CC(=O)c6ccccc6)c5)[C@]56C[C@H]5CC[C@]6(C)[C@H]4CC[C@]3(C)[C@H]1[C@@H]2C. The molecule has 230 valence electrons. The van der Waals surface area contributed by atoms with Crippen LogP contribution in [-0.4, -0.2) is 28.8 Å². The summed E-state index contributed by atoms with van der Waals surface area (Å²) in [6, 6.07) is 10.3. The van der Waals surface area contributed by atoms with Crippen molar-refractivity contribution in [2.75, 3.05) is 6.61 Å². The minimum Gasteiger partial charge on any atom is -0.349 e. The maximum absolute atomic E-state index is 13.1. The van der Waals surface area contributed by atoms with Gasteiger partial charge in [0.1, 0.15) is 18.4 Å². The summed E-state index contributed by atoms with van der Waals surface area (Å²) in [4.78, 5) is 13.1. The van der Waals surface area contributed by atoms with E-state index in [1.54, 1.807) is 0 Å². The molecule has 9 rings (SSSR count). The molecule has 2 saturated heterocycles. The Morgan fingerprint density at radius 3 is 2.63 bits per heavy atom. The molecule has 1 aromatic heterocycles. The molecular formula is C38H51N2O3+. The van der Waals surface area contributed by atoms with Crippen molar-refractivity contribution in [1.82, 2.24) is 4.57 Å². The normalized spacial score (nSPS) is 50.9. The number of carbonyl (C=O) groups excluding carboxylic acids is 1.